The van der Waals surface area contributed by atoms with Gasteiger partial charge in [-0.25, -0.2) is 0 Å². The highest BCUT2D eigenvalue weighted by atomic mass is 127. The zero-order valence-electron chi connectivity index (χ0n) is 5.02. The van der Waals surface area contributed by atoms with Crippen LogP contribution in [0.2, 0.25) is 0 Å². The Morgan fingerprint density at radius 3 is 3.11 bits per heavy atom. The summed E-state index contributed by atoms with van der Waals surface area (Å²) >= 11 is 2.11. The number of rotatable bonds is 2. The Morgan fingerprint density at radius 1 is 1.89 bits per heavy atom. The van der Waals surface area contributed by atoms with Crippen LogP contribution in [0.4, 0.5) is 0 Å². The van der Waals surface area contributed by atoms with E-state index in [1.165, 1.54) is 0 Å². The van der Waals surface area contributed by atoms with E-state index in [4.69, 9.17) is 4.74 Å². The van der Waals surface area contributed by atoms with Crippen molar-refractivity contribution < 1.29 is 4.74 Å². The maximum absolute atomic E-state index is 5.18. The molecular weight excluding hydrogens is 231 g/mol. The molecule has 1 heterocycles. The summed E-state index contributed by atoms with van der Waals surface area (Å²) in [7, 11) is 0. The Hall–Kier alpha value is -0.260. The Balaban J connectivity index is 2.69. The number of aromatic amines is 1. The first-order valence-corrected chi connectivity index (χ1v) is 3.74. The van der Waals surface area contributed by atoms with Crippen molar-refractivity contribution in [3.05, 3.63) is 9.90 Å². The summed E-state index contributed by atoms with van der Waals surface area (Å²) < 4.78 is 6.06. The van der Waals surface area contributed by atoms with E-state index >= 15 is 0 Å². The summed E-state index contributed by atoms with van der Waals surface area (Å²) in [4.78, 5) is 0. The third-order valence-electron chi connectivity index (χ3n) is 0.862. The Kier molecular flexibility index (Phi) is 2.32. The summed E-state index contributed by atoms with van der Waals surface area (Å²) in [6.45, 7) is 2.64. The molecule has 1 N–H and O–H groups in total. The highest BCUT2D eigenvalue weighted by Gasteiger charge is 1.99. The van der Waals surface area contributed by atoms with Crippen LogP contribution in [-0.2, 0) is 0 Å². The van der Waals surface area contributed by atoms with Gasteiger partial charge in [-0.3, -0.25) is 5.10 Å². The Bertz CT molecular complexity index is 187. The van der Waals surface area contributed by atoms with Crippen LogP contribution in [0, 0.1) is 3.70 Å². The standard InChI is InChI=1S/C5H7IN2O/c1-2-9-4-3-7-8-5(4)6/h3H,2H2,1H3,(H,7,8). The van der Waals surface area contributed by atoms with Crippen molar-refractivity contribution >= 4 is 22.6 Å². The number of nitrogens with one attached hydrogen (secondary N) is 1. The third-order valence-corrected chi connectivity index (χ3v) is 1.63. The topological polar surface area (TPSA) is 37.9 Å². The molecule has 9 heavy (non-hydrogen) atoms. The van der Waals surface area contributed by atoms with E-state index in [0.29, 0.717) is 6.61 Å². The predicted molar refractivity (Wildman–Crippen MR) is 42.5 cm³/mol. The van der Waals surface area contributed by atoms with Gasteiger partial charge in [0.25, 0.3) is 0 Å². The molecule has 0 saturated heterocycles. The van der Waals surface area contributed by atoms with Crippen molar-refractivity contribution in [2.45, 2.75) is 6.92 Å². The van der Waals surface area contributed by atoms with Crippen LogP contribution in [0.5, 0.6) is 5.75 Å². The molecule has 0 aliphatic rings. The molecule has 50 valence electrons. The lowest BCUT2D eigenvalue weighted by molar-refractivity contribution is 0.338. The smallest absolute Gasteiger partial charge is 0.170 e. The van der Waals surface area contributed by atoms with Crippen molar-refractivity contribution in [1.82, 2.24) is 10.2 Å². The maximum atomic E-state index is 5.18. The van der Waals surface area contributed by atoms with E-state index in [0.717, 1.165) is 9.45 Å². The van der Waals surface area contributed by atoms with Gasteiger partial charge in [0.2, 0.25) is 0 Å². The van der Waals surface area contributed by atoms with E-state index in [2.05, 4.69) is 32.8 Å². The molecule has 0 aliphatic carbocycles. The average Bonchev–Trinajstić information content (AvgIpc) is 2.18. The summed E-state index contributed by atoms with van der Waals surface area (Å²) in [6.07, 6.45) is 1.74. The molecule has 1 rings (SSSR count). The van der Waals surface area contributed by atoms with Crippen LogP contribution in [0.3, 0.4) is 0 Å². The van der Waals surface area contributed by atoms with Gasteiger partial charge in [-0.1, -0.05) is 0 Å². The molecular formula is C5H7IN2O. The van der Waals surface area contributed by atoms with E-state index in [9.17, 15) is 0 Å². The normalized spacial score (nSPS) is 9.56. The number of aromatic nitrogens is 2. The molecule has 0 bridgehead atoms. The fourth-order valence-corrected chi connectivity index (χ4v) is 0.970. The second kappa shape index (κ2) is 3.05. The van der Waals surface area contributed by atoms with Gasteiger partial charge >= 0.3 is 0 Å². The number of ether oxygens (including phenoxy) is 1. The fourth-order valence-electron chi connectivity index (χ4n) is 0.519. The highest BCUT2D eigenvalue weighted by Crippen LogP contribution is 2.15. The second-order valence-corrected chi connectivity index (χ2v) is 2.50. The number of hydrogen-bond donors (Lipinski definition) is 1. The molecule has 4 heteroatoms. The Labute approximate surface area is 66.9 Å². The molecule has 0 unspecified atom stereocenters. The number of hydrogen-bond acceptors (Lipinski definition) is 2. The molecule has 0 aromatic carbocycles. The molecule has 3 nitrogen and oxygen atoms in total. The summed E-state index contributed by atoms with van der Waals surface area (Å²) in [5.74, 6) is 0.832. The zero-order chi connectivity index (χ0) is 6.69. The van der Waals surface area contributed by atoms with E-state index in [1.54, 1.807) is 6.20 Å². The lowest BCUT2D eigenvalue weighted by atomic mass is 10.6. The van der Waals surface area contributed by atoms with E-state index in [-0.39, 0.29) is 0 Å². The molecule has 0 spiro atoms. The molecule has 0 amide bonds. The van der Waals surface area contributed by atoms with Gasteiger partial charge in [-0.15, -0.1) is 0 Å². The van der Waals surface area contributed by atoms with Crippen LogP contribution < -0.4 is 4.74 Å². The number of halogens is 1. The monoisotopic (exact) mass is 238 g/mol. The lowest BCUT2D eigenvalue weighted by Gasteiger charge is -1.95. The van der Waals surface area contributed by atoms with Gasteiger partial charge in [-0.2, -0.15) is 5.10 Å². The van der Waals surface area contributed by atoms with Gasteiger partial charge in [0, 0.05) is 0 Å². The minimum absolute atomic E-state index is 0.690. The van der Waals surface area contributed by atoms with Gasteiger partial charge in [0.05, 0.1) is 12.8 Å². The SMILES string of the molecule is CCOc1c[nH]nc1I. The first-order chi connectivity index (χ1) is 4.34. The second-order valence-electron chi connectivity index (χ2n) is 1.47. The predicted octanol–water partition coefficient (Wildman–Crippen LogP) is 1.41. The molecule has 0 atom stereocenters. The summed E-state index contributed by atoms with van der Waals surface area (Å²) in [5.41, 5.74) is 0. The summed E-state index contributed by atoms with van der Waals surface area (Å²) in [6, 6.07) is 0. The largest absolute Gasteiger partial charge is 0.489 e. The van der Waals surface area contributed by atoms with Crippen molar-refractivity contribution in [3.8, 4) is 5.75 Å². The van der Waals surface area contributed by atoms with Crippen LogP contribution in [-0.4, -0.2) is 16.8 Å². The number of H-pyrrole nitrogens is 1. The molecule has 0 aliphatic heterocycles. The van der Waals surface area contributed by atoms with Crippen molar-refractivity contribution in [3.63, 3.8) is 0 Å². The van der Waals surface area contributed by atoms with Gasteiger partial charge in [0.1, 0.15) is 0 Å². The van der Waals surface area contributed by atoms with Crippen LogP contribution in [0.25, 0.3) is 0 Å². The van der Waals surface area contributed by atoms with Crippen molar-refractivity contribution in [2.24, 2.45) is 0 Å². The van der Waals surface area contributed by atoms with Gasteiger partial charge < -0.3 is 4.74 Å². The number of nitrogens with zero attached hydrogens (tertiary/aromatic N) is 1. The highest BCUT2D eigenvalue weighted by molar-refractivity contribution is 14.1. The summed E-state index contributed by atoms with van der Waals surface area (Å²) in [5, 5.41) is 6.57. The van der Waals surface area contributed by atoms with Gasteiger partial charge in [0.15, 0.2) is 9.45 Å². The van der Waals surface area contributed by atoms with Crippen molar-refractivity contribution in [2.75, 3.05) is 6.61 Å². The molecule has 0 saturated carbocycles. The van der Waals surface area contributed by atoms with E-state index in [1.807, 2.05) is 6.92 Å². The molecule has 1 aromatic heterocycles. The molecule has 0 radical (unpaired) electrons. The van der Waals surface area contributed by atoms with Crippen LogP contribution in [0.1, 0.15) is 6.92 Å². The van der Waals surface area contributed by atoms with Crippen LogP contribution in [0.15, 0.2) is 6.20 Å². The van der Waals surface area contributed by atoms with Gasteiger partial charge in [-0.05, 0) is 29.5 Å². The maximum Gasteiger partial charge on any atom is 0.170 e. The van der Waals surface area contributed by atoms with Crippen LogP contribution >= 0.6 is 22.6 Å². The fraction of sp³-hybridized carbons (Fsp3) is 0.400. The average molecular weight is 238 g/mol. The lowest BCUT2D eigenvalue weighted by Crippen LogP contribution is -1.90. The Morgan fingerprint density at radius 2 is 2.67 bits per heavy atom. The molecule has 0 fully saturated rings. The minimum atomic E-state index is 0.690. The zero-order valence-corrected chi connectivity index (χ0v) is 7.18. The third kappa shape index (κ3) is 1.57. The first-order valence-electron chi connectivity index (χ1n) is 2.66. The van der Waals surface area contributed by atoms with Crippen molar-refractivity contribution in [1.29, 1.82) is 0 Å². The quantitative estimate of drug-likeness (QED) is 0.791. The first kappa shape index (κ1) is 6.85. The molecule has 1 aromatic rings. The minimum Gasteiger partial charge on any atom is -0.489 e. The van der Waals surface area contributed by atoms with E-state index < -0.39 is 0 Å².